The Morgan fingerprint density at radius 2 is 2.19 bits per heavy atom. The first-order chi connectivity index (χ1) is 10.2. The van der Waals surface area contributed by atoms with Crippen molar-refractivity contribution in [2.45, 2.75) is 23.8 Å². The standard InChI is InChI=1S/C16H18N2O2S/c17-7-8-21-15-4-2-1-3-12(15)16(20)18-9-11-5-6-14(19)13(11)10-18/h1-4,11,13-14,19H,5-6,8-10H2. The van der Waals surface area contributed by atoms with E-state index in [1.807, 2.05) is 29.2 Å². The molecule has 21 heavy (non-hydrogen) atoms. The number of nitriles is 1. The second kappa shape index (κ2) is 6.08. The number of benzene rings is 1. The molecule has 1 N–H and O–H groups in total. The molecule has 1 saturated heterocycles. The van der Waals surface area contributed by atoms with Gasteiger partial charge < -0.3 is 10.0 Å². The van der Waals surface area contributed by atoms with Crippen LogP contribution in [0.3, 0.4) is 0 Å². The predicted octanol–water partition coefficient (Wildman–Crippen LogP) is 2.15. The zero-order chi connectivity index (χ0) is 14.8. The third-order valence-electron chi connectivity index (χ3n) is 4.52. The number of nitrogens with zero attached hydrogens (tertiary/aromatic N) is 2. The van der Waals surface area contributed by atoms with Crippen molar-refractivity contribution < 1.29 is 9.90 Å². The maximum Gasteiger partial charge on any atom is 0.255 e. The Kier molecular flexibility index (Phi) is 4.18. The van der Waals surface area contributed by atoms with Crippen molar-refractivity contribution >= 4 is 17.7 Å². The molecule has 1 aromatic carbocycles. The Morgan fingerprint density at radius 3 is 2.95 bits per heavy atom. The van der Waals surface area contributed by atoms with Crippen molar-refractivity contribution in [3.8, 4) is 6.07 Å². The highest BCUT2D eigenvalue weighted by atomic mass is 32.2. The molecule has 1 aliphatic carbocycles. The molecule has 3 atom stereocenters. The van der Waals surface area contributed by atoms with E-state index in [2.05, 4.69) is 6.07 Å². The predicted molar refractivity (Wildman–Crippen MR) is 80.9 cm³/mol. The Morgan fingerprint density at radius 1 is 1.38 bits per heavy atom. The van der Waals surface area contributed by atoms with Crippen LogP contribution in [0.2, 0.25) is 0 Å². The van der Waals surface area contributed by atoms with Gasteiger partial charge in [0, 0.05) is 23.9 Å². The molecule has 0 radical (unpaired) electrons. The van der Waals surface area contributed by atoms with Crippen LogP contribution in [0.1, 0.15) is 23.2 Å². The highest BCUT2D eigenvalue weighted by Crippen LogP contribution is 2.39. The second-order valence-electron chi connectivity index (χ2n) is 5.72. The molecular formula is C16H18N2O2S. The van der Waals surface area contributed by atoms with Gasteiger partial charge >= 0.3 is 0 Å². The van der Waals surface area contributed by atoms with Gasteiger partial charge in [0.25, 0.3) is 5.91 Å². The molecule has 1 aromatic rings. The van der Waals surface area contributed by atoms with Crippen molar-refractivity contribution in [2.24, 2.45) is 11.8 Å². The minimum Gasteiger partial charge on any atom is -0.393 e. The van der Waals surface area contributed by atoms with E-state index in [9.17, 15) is 9.90 Å². The fourth-order valence-corrected chi connectivity index (χ4v) is 4.16. The molecule has 1 aliphatic heterocycles. The molecule has 3 unspecified atom stereocenters. The lowest BCUT2D eigenvalue weighted by atomic mass is 10.00. The van der Waals surface area contributed by atoms with E-state index < -0.39 is 0 Å². The van der Waals surface area contributed by atoms with Crippen molar-refractivity contribution in [3.05, 3.63) is 29.8 Å². The summed E-state index contributed by atoms with van der Waals surface area (Å²) in [6.45, 7) is 1.40. The average Bonchev–Trinajstić information content (AvgIpc) is 3.07. The number of thioether (sulfide) groups is 1. The minimum atomic E-state index is -0.254. The third-order valence-corrected chi connectivity index (χ3v) is 5.46. The molecule has 1 saturated carbocycles. The molecule has 1 heterocycles. The normalized spacial score (nSPS) is 27.4. The first-order valence-electron chi connectivity index (χ1n) is 7.27. The maximum atomic E-state index is 12.7. The molecule has 0 bridgehead atoms. The lowest BCUT2D eigenvalue weighted by molar-refractivity contribution is 0.0749. The van der Waals surface area contributed by atoms with Crippen LogP contribution in [0.5, 0.6) is 0 Å². The highest BCUT2D eigenvalue weighted by Gasteiger charge is 2.43. The van der Waals surface area contributed by atoms with Crippen molar-refractivity contribution in [2.75, 3.05) is 18.8 Å². The van der Waals surface area contributed by atoms with Gasteiger partial charge in [-0.15, -0.1) is 11.8 Å². The van der Waals surface area contributed by atoms with Crippen LogP contribution in [0, 0.1) is 23.2 Å². The maximum absolute atomic E-state index is 12.7. The summed E-state index contributed by atoms with van der Waals surface area (Å²) in [5.74, 6) is 1.06. The monoisotopic (exact) mass is 302 g/mol. The van der Waals surface area contributed by atoms with E-state index in [-0.39, 0.29) is 17.9 Å². The smallest absolute Gasteiger partial charge is 0.255 e. The quantitative estimate of drug-likeness (QED) is 0.869. The average molecular weight is 302 g/mol. The van der Waals surface area contributed by atoms with Crippen LogP contribution in [-0.4, -0.2) is 40.9 Å². The third kappa shape index (κ3) is 2.78. The number of amides is 1. The summed E-state index contributed by atoms with van der Waals surface area (Å²) in [6, 6.07) is 9.56. The fourth-order valence-electron chi connectivity index (χ4n) is 3.45. The van der Waals surface area contributed by atoms with E-state index in [0.29, 0.717) is 23.8 Å². The molecule has 5 heteroatoms. The molecule has 4 nitrogen and oxygen atoms in total. The number of carbonyl (C=O) groups excluding carboxylic acids is 1. The molecule has 2 aliphatic rings. The summed E-state index contributed by atoms with van der Waals surface area (Å²) in [4.78, 5) is 15.4. The number of hydrogen-bond donors (Lipinski definition) is 1. The Balaban J connectivity index is 1.76. The van der Waals surface area contributed by atoms with Crippen LogP contribution < -0.4 is 0 Å². The topological polar surface area (TPSA) is 64.3 Å². The highest BCUT2D eigenvalue weighted by molar-refractivity contribution is 7.99. The second-order valence-corrected chi connectivity index (χ2v) is 6.74. The summed E-state index contributed by atoms with van der Waals surface area (Å²) in [6.07, 6.45) is 1.63. The van der Waals surface area contributed by atoms with Gasteiger partial charge in [-0.2, -0.15) is 5.26 Å². The van der Waals surface area contributed by atoms with Gasteiger partial charge in [-0.25, -0.2) is 0 Å². The van der Waals surface area contributed by atoms with Crippen LogP contribution in [0.25, 0.3) is 0 Å². The van der Waals surface area contributed by atoms with Gasteiger partial charge in [-0.05, 0) is 30.9 Å². The summed E-state index contributed by atoms with van der Waals surface area (Å²) in [5, 5.41) is 18.7. The van der Waals surface area contributed by atoms with Gasteiger partial charge in [-0.1, -0.05) is 12.1 Å². The zero-order valence-corrected chi connectivity index (χ0v) is 12.6. The van der Waals surface area contributed by atoms with Gasteiger partial charge in [0.15, 0.2) is 0 Å². The molecule has 0 aromatic heterocycles. The van der Waals surface area contributed by atoms with Crippen LogP contribution in [0.15, 0.2) is 29.2 Å². The molecule has 2 fully saturated rings. The molecule has 1 amide bonds. The van der Waals surface area contributed by atoms with Crippen molar-refractivity contribution in [1.82, 2.24) is 4.90 Å². The summed E-state index contributed by atoms with van der Waals surface area (Å²) in [5.41, 5.74) is 0.673. The lowest BCUT2D eigenvalue weighted by Gasteiger charge is -2.19. The number of aliphatic hydroxyl groups excluding tert-OH is 1. The molecule has 0 spiro atoms. The zero-order valence-electron chi connectivity index (χ0n) is 11.7. The molecule has 110 valence electrons. The number of fused-ring (bicyclic) bond motifs is 1. The fraction of sp³-hybridized carbons (Fsp3) is 0.500. The lowest BCUT2D eigenvalue weighted by Crippen LogP contribution is -2.31. The van der Waals surface area contributed by atoms with E-state index in [1.54, 1.807) is 0 Å². The first-order valence-corrected chi connectivity index (χ1v) is 8.25. The SMILES string of the molecule is N#CCSc1ccccc1C(=O)N1CC2CCC(O)C2C1. The summed E-state index contributed by atoms with van der Waals surface area (Å²) < 4.78 is 0. The minimum absolute atomic E-state index is 0.0256. The summed E-state index contributed by atoms with van der Waals surface area (Å²) in [7, 11) is 0. The van der Waals surface area contributed by atoms with Crippen LogP contribution in [-0.2, 0) is 0 Å². The largest absolute Gasteiger partial charge is 0.393 e. The number of aliphatic hydroxyl groups is 1. The number of likely N-dealkylation sites (tertiary alicyclic amines) is 1. The number of rotatable bonds is 3. The van der Waals surface area contributed by atoms with Crippen molar-refractivity contribution in [3.63, 3.8) is 0 Å². The number of carbonyl (C=O) groups is 1. The first kappa shape index (κ1) is 14.4. The number of hydrogen-bond acceptors (Lipinski definition) is 4. The van der Waals surface area contributed by atoms with Gasteiger partial charge in [0.1, 0.15) is 0 Å². The van der Waals surface area contributed by atoms with Crippen LogP contribution in [0.4, 0.5) is 0 Å². The van der Waals surface area contributed by atoms with Crippen molar-refractivity contribution in [1.29, 1.82) is 5.26 Å². The van der Waals surface area contributed by atoms with E-state index in [0.717, 1.165) is 24.3 Å². The molecule has 3 rings (SSSR count). The van der Waals surface area contributed by atoms with E-state index in [4.69, 9.17) is 5.26 Å². The van der Waals surface area contributed by atoms with Gasteiger partial charge in [0.05, 0.1) is 23.5 Å². The van der Waals surface area contributed by atoms with Crippen LogP contribution >= 0.6 is 11.8 Å². The Labute approximate surface area is 128 Å². The van der Waals surface area contributed by atoms with E-state index in [1.165, 1.54) is 11.8 Å². The van der Waals surface area contributed by atoms with E-state index >= 15 is 0 Å². The Hall–Kier alpha value is -1.51. The summed E-state index contributed by atoms with van der Waals surface area (Å²) >= 11 is 1.40. The molecular weight excluding hydrogens is 284 g/mol. The van der Waals surface area contributed by atoms with Gasteiger partial charge in [-0.3, -0.25) is 4.79 Å². The Bertz CT molecular complexity index is 584. The van der Waals surface area contributed by atoms with Gasteiger partial charge in [0.2, 0.25) is 0 Å².